The summed E-state index contributed by atoms with van der Waals surface area (Å²) in [6, 6.07) is 19.3. The molecule has 0 aliphatic heterocycles. The van der Waals surface area contributed by atoms with Gasteiger partial charge >= 0.3 is 0 Å². The Morgan fingerprint density at radius 3 is 2.73 bits per heavy atom. The number of H-pyrrole nitrogens is 1. The van der Waals surface area contributed by atoms with Crippen LogP contribution in [0.25, 0.3) is 11.4 Å². The molecule has 2 aromatic carbocycles. The number of pyridine rings is 1. The van der Waals surface area contributed by atoms with Crippen LogP contribution in [0.1, 0.15) is 11.1 Å². The summed E-state index contributed by atoms with van der Waals surface area (Å²) in [5.41, 5.74) is 2.73. The lowest BCUT2D eigenvalue weighted by atomic mass is 10.2. The molecule has 0 fully saturated rings. The minimum atomic E-state index is 0.389. The van der Waals surface area contributed by atoms with Crippen molar-refractivity contribution in [1.29, 1.82) is 0 Å². The van der Waals surface area contributed by atoms with E-state index < -0.39 is 0 Å². The lowest BCUT2D eigenvalue weighted by molar-refractivity contribution is 0.284. The van der Waals surface area contributed by atoms with Crippen molar-refractivity contribution in [3.8, 4) is 22.9 Å². The minimum Gasteiger partial charge on any atom is -0.493 e. The molecule has 0 saturated carbocycles. The Bertz CT molecular complexity index is 1200. The number of hydrogen-bond donors (Lipinski definition) is 1. The van der Waals surface area contributed by atoms with Gasteiger partial charge in [0.15, 0.2) is 17.3 Å². The van der Waals surface area contributed by atoms with Gasteiger partial charge < -0.3 is 9.47 Å². The molecule has 0 radical (unpaired) electrons. The van der Waals surface area contributed by atoms with Crippen molar-refractivity contribution in [2.75, 3.05) is 7.11 Å². The van der Waals surface area contributed by atoms with Crippen molar-refractivity contribution in [3.05, 3.63) is 89.0 Å². The number of benzene rings is 2. The lowest BCUT2D eigenvalue weighted by Crippen LogP contribution is -1.99. The van der Waals surface area contributed by atoms with Crippen LogP contribution in [-0.4, -0.2) is 33.2 Å². The summed E-state index contributed by atoms with van der Waals surface area (Å²) < 4.78 is 13.3. The average Bonchev–Trinajstić information content (AvgIpc) is 3.18. The van der Waals surface area contributed by atoms with Gasteiger partial charge in [0.2, 0.25) is 4.77 Å². The van der Waals surface area contributed by atoms with Crippen LogP contribution in [0.15, 0.2) is 78.2 Å². The number of aromatic amines is 1. The van der Waals surface area contributed by atoms with Gasteiger partial charge in [-0.15, -0.1) is 0 Å². The van der Waals surface area contributed by atoms with Crippen molar-refractivity contribution < 1.29 is 9.47 Å². The van der Waals surface area contributed by atoms with Crippen LogP contribution in [0.5, 0.6) is 11.5 Å². The monoisotopic (exact) mass is 417 g/mol. The summed E-state index contributed by atoms with van der Waals surface area (Å²) in [6.07, 6.45) is 5.10. The molecule has 0 saturated heterocycles. The SMILES string of the molecule is COc1cc(/C=N/n2c(-c3cccnc3)n[nH]c2=S)ccc1OCc1ccccc1. The Balaban J connectivity index is 1.55. The predicted octanol–water partition coefficient (Wildman–Crippen LogP) is 4.47. The zero-order valence-electron chi connectivity index (χ0n) is 16.2. The first-order valence-corrected chi connectivity index (χ1v) is 9.62. The number of hydrogen-bond acceptors (Lipinski definition) is 6. The standard InChI is InChI=1S/C22H19N5O2S/c1-28-20-12-17(9-10-19(20)29-15-16-6-3-2-4-7-16)13-24-27-21(25-26-22(27)30)18-8-5-11-23-14-18/h2-14H,15H2,1H3,(H,26,30)/b24-13+. The van der Waals surface area contributed by atoms with Gasteiger partial charge in [-0.05, 0) is 53.7 Å². The molecule has 8 heteroatoms. The quantitative estimate of drug-likeness (QED) is 0.355. The summed E-state index contributed by atoms with van der Waals surface area (Å²) >= 11 is 5.30. The highest BCUT2D eigenvalue weighted by Crippen LogP contribution is 2.28. The molecule has 0 bridgehead atoms. The predicted molar refractivity (Wildman–Crippen MR) is 117 cm³/mol. The van der Waals surface area contributed by atoms with E-state index in [4.69, 9.17) is 21.7 Å². The van der Waals surface area contributed by atoms with Gasteiger partial charge in [-0.25, -0.2) is 5.10 Å². The summed E-state index contributed by atoms with van der Waals surface area (Å²) in [7, 11) is 1.61. The lowest BCUT2D eigenvalue weighted by Gasteiger charge is -2.11. The van der Waals surface area contributed by atoms with Crippen molar-refractivity contribution in [2.24, 2.45) is 5.10 Å². The van der Waals surface area contributed by atoms with E-state index in [2.05, 4.69) is 20.3 Å². The van der Waals surface area contributed by atoms with Crippen molar-refractivity contribution in [2.45, 2.75) is 6.61 Å². The highest BCUT2D eigenvalue weighted by atomic mass is 32.1. The molecule has 4 aromatic rings. The number of nitrogens with one attached hydrogen (secondary N) is 1. The number of nitrogens with zero attached hydrogens (tertiary/aromatic N) is 4. The van der Waals surface area contributed by atoms with Gasteiger partial charge in [0, 0.05) is 18.0 Å². The zero-order chi connectivity index (χ0) is 20.8. The first kappa shape index (κ1) is 19.5. The molecule has 0 unspecified atom stereocenters. The van der Waals surface area contributed by atoms with Gasteiger partial charge in [-0.2, -0.15) is 14.9 Å². The molecule has 0 aliphatic rings. The molecule has 0 atom stereocenters. The topological polar surface area (TPSA) is 77.3 Å². The van der Waals surface area contributed by atoms with E-state index in [1.54, 1.807) is 30.4 Å². The zero-order valence-corrected chi connectivity index (χ0v) is 17.0. The second kappa shape index (κ2) is 9.15. The minimum absolute atomic E-state index is 0.389. The van der Waals surface area contributed by atoms with E-state index in [0.717, 1.165) is 16.7 Å². The molecule has 150 valence electrons. The average molecular weight is 417 g/mol. The van der Waals surface area contributed by atoms with Gasteiger partial charge in [0.05, 0.1) is 13.3 Å². The Morgan fingerprint density at radius 1 is 1.10 bits per heavy atom. The van der Waals surface area contributed by atoms with Gasteiger partial charge in [-0.1, -0.05) is 30.3 Å². The molecular formula is C22H19N5O2S. The van der Waals surface area contributed by atoms with Crippen molar-refractivity contribution in [1.82, 2.24) is 19.9 Å². The second-order valence-electron chi connectivity index (χ2n) is 6.34. The Morgan fingerprint density at radius 2 is 1.97 bits per heavy atom. The van der Waals surface area contributed by atoms with Crippen LogP contribution in [0, 0.1) is 4.77 Å². The number of methoxy groups -OCH3 is 1. The van der Waals surface area contributed by atoms with E-state index in [0.29, 0.717) is 28.7 Å². The molecule has 2 aromatic heterocycles. The Hall–Kier alpha value is -3.78. The maximum absolute atomic E-state index is 5.90. The fourth-order valence-electron chi connectivity index (χ4n) is 2.82. The number of aromatic nitrogens is 4. The van der Waals surface area contributed by atoms with Gasteiger partial charge in [0.1, 0.15) is 6.61 Å². The number of ether oxygens (including phenoxy) is 2. The molecule has 4 rings (SSSR count). The molecular weight excluding hydrogens is 398 g/mol. The Labute approximate surface area is 178 Å². The van der Waals surface area contributed by atoms with Gasteiger partial charge in [-0.3, -0.25) is 4.98 Å². The third-order valence-corrected chi connectivity index (χ3v) is 4.58. The summed E-state index contributed by atoms with van der Waals surface area (Å²) in [5.74, 6) is 1.87. The first-order valence-electron chi connectivity index (χ1n) is 9.21. The highest BCUT2D eigenvalue weighted by Gasteiger charge is 2.09. The van der Waals surface area contributed by atoms with E-state index in [1.165, 1.54) is 0 Å². The largest absolute Gasteiger partial charge is 0.493 e. The molecule has 0 spiro atoms. The third-order valence-electron chi connectivity index (χ3n) is 4.32. The highest BCUT2D eigenvalue weighted by molar-refractivity contribution is 7.71. The van der Waals surface area contributed by atoms with Crippen LogP contribution in [0.3, 0.4) is 0 Å². The molecule has 1 N–H and O–H groups in total. The van der Waals surface area contributed by atoms with Crippen LogP contribution in [-0.2, 0) is 6.61 Å². The molecule has 0 aliphatic carbocycles. The van der Waals surface area contributed by atoms with E-state index in [9.17, 15) is 0 Å². The van der Waals surface area contributed by atoms with Crippen molar-refractivity contribution in [3.63, 3.8) is 0 Å². The molecule has 0 amide bonds. The second-order valence-corrected chi connectivity index (χ2v) is 6.72. The van der Waals surface area contributed by atoms with Crippen LogP contribution in [0.2, 0.25) is 0 Å². The fourth-order valence-corrected chi connectivity index (χ4v) is 3.00. The van der Waals surface area contributed by atoms with Crippen LogP contribution >= 0.6 is 12.2 Å². The maximum atomic E-state index is 5.90. The normalized spacial score (nSPS) is 11.0. The summed E-state index contributed by atoms with van der Waals surface area (Å²) in [4.78, 5) is 4.12. The smallest absolute Gasteiger partial charge is 0.216 e. The summed E-state index contributed by atoms with van der Waals surface area (Å²) in [6.45, 7) is 0.462. The van der Waals surface area contributed by atoms with Crippen LogP contribution < -0.4 is 9.47 Å². The third kappa shape index (κ3) is 4.44. The van der Waals surface area contributed by atoms with E-state index in [1.807, 2.05) is 60.7 Å². The van der Waals surface area contributed by atoms with Crippen molar-refractivity contribution >= 4 is 18.4 Å². The fraction of sp³-hybridized carbons (Fsp3) is 0.0909. The molecule has 2 heterocycles. The summed E-state index contributed by atoms with van der Waals surface area (Å²) in [5, 5.41) is 11.5. The van der Waals surface area contributed by atoms with E-state index >= 15 is 0 Å². The Kier molecular flexibility index (Phi) is 5.95. The first-order chi connectivity index (χ1) is 14.7. The van der Waals surface area contributed by atoms with E-state index in [-0.39, 0.29) is 0 Å². The van der Waals surface area contributed by atoms with Gasteiger partial charge in [0.25, 0.3) is 0 Å². The molecule has 7 nitrogen and oxygen atoms in total. The van der Waals surface area contributed by atoms with Crippen LogP contribution in [0.4, 0.5) is 0 Å². The number of rotatable bonds is 7. The maximum Gasteiger partial charge on any atom is 0.216 e. The molecule has 30 heavy (non-hydrogen) atoms.